The molecule has 0 heterocycles. The average molecular weight is 360 g/mol. The first-order valence-corrected chi connectivity index (χ1v) is 8.91. The Bertz CT molecular complexity index is 647. The Morgan fingerprint density at radius 3 is 2.58 bits per heavy atom. The highest BCUT2D eigenvalue weighted by atomic mass is 32.2. The van der Waals surface area contributed by atoms with Crippen LogP contribution in [0.15, 0.2) is 23.1 Å². The maximum atomic E-state index is 12.5. The summed E-state index contributed by atoms with van der Waals surface area (Å²) < 4.78 is 37.4. The molecule has 9 heteroatoms. The van der Waals surface area contributed by atoms with E-state index in [0.717, 1.165) is 6.07 Å². The van der Waals surface area contributed by atoms with Crippen LogP contribution in [0.5, 0.6) is 0 Å². The van der Waals surface area contributed by atoms with Crippen molar-refractivity contribution in [2.45, 2.75) is 24.3 Å². The van der Waals surface area contributed by atoms with E-state index in [2.05, 4.69) is 10.0 Å². The first-order valence-electron chi connectivity index (χ1n) is 7.43. The molecule has 0 aromatic heterocycles. The molecule has 1 atom stereocenters. The van der Waals surface area contributed by atoms with Crippen molar-refractivity contribution >= 4 is 21.7 Å². The van der Waals surface area contributed by atoms with E-state index >= 15 is 0 Å². The topological polar surface area (TPSA) is 114 Å². The summed E-state index contributed by atoms with van der Waals surface area (Å²) in [4.78, 5) is 11.0. The maximum absolute atomic E-state index is 12.5. The largest absolute Gasteiger partial charge is 0.478 e. The molecule has 0 saturated heterocycles. The summed E-state index contributed by atoms with van der Waals surface area (Å²) in [7, 11) is -0.786. The van der Waals surface area contributed by atoms with Gasteiger partial charge in [-0.2, -0.15) is 0 Å². The zero-order valence-corrected chi connectivity index (χ0v) is 14.9. The van der Waals surface area contributed by atoms with Crippen LogP contribution in [0.1, 0.15) is 23.7 Å². The number of carboxylic acid groups (broad SMARTS) is 1. The van der Waals surface area contributed by atoms with Gasteiger partial charge in [0.2, 0.25) is 10.0 Å². The number of aromatic carboxylic acids is 1. The highest BCUT2D eigenvalue weighted by molar-refractivity contribution is 7.89. The van der Waals surface area contributed by atoms with E-state index in [4.69, 9.17) is 14.6 Å². The summed E-state index contributed by atoms with van der Waals surface area (Å²) in [6.07, 6.45) is 0.511. The van der Waals surface area contributed by atoms with Crippen molar-refractivity contribution in [2.75, 3.05) is 39.3 Å². The first-order chi connectivity index (χ1) is 11.3. The third-order valence-electron chi connectivity index (χ3n) is 3.15. The van der Waals surface area contributed by atoms with Gasteiger partial charge in [0.25, 0.3) is 0 Å². The van der Waals surface area contributed by atoms with Gasteiger partial charge in [-0.15, -0.1) is 0 Å². The van der Waals surface area contributed by atoms with Gasteiger partial charge in [-0.05, 0) is 31.5 Å². The van der Waals surface area contributed by atoms with Crippen molar-refractivity contribution in [1.29, 1.82) is 0 Å². The predicted octanol–water partition coefficient (Wildman–Crippen LogP) is 1.15. The van der Waals surface area contributed by atoms with Gasteiger partial charge < -0.3 is 19.9 Å². The SMILES string of the molecule is COCCCNS(=O)(=O)c1cc(C(=O)O)ccc1N[C@@H](C)COC. The number of rotatable bonds is 11. The second-order valence-electron chi connectivity index (χ2n) is 5.26. The lowest BCUT2D eigenvalue weighted by Gasteiger charge is -2.18. The lowest BCUT2D eigenvalue weighted by molar-refractivity contribution is 0.0696. The number of carboxylic acids is 1. The Kier molecular flexibility index (Phi) is 8.13. The van der Waals surface area contributed by atoms with Gasteiger partial charge in [0.15, 0.2) is 0 Å². The number of benzene rings is 1. The van der Waals surface area contributed by atoms with Crippen LogP contribution >= 0.6 is 0 Å². The maximum Gasteiger partial charge on any atom is 0.335 e. The number of ether oxygens (including phenoxy) is 2. The van der Waals surface area contributed by atoms with E-state index in [1.807, 2.05) is 6.92 Å². The number of carbonyl (C=O) groups is 1. The minimum atomic E-state index is -3.86. The first kappa shape index (κ1) is 20.4. The molecule has 0 spiro atoms. The molecule has 3 N–H and O–H groups in total. The summed E-state index contributed by atoms with van der Waals surface area (Å²) >= 11 is 0. The standard InChI is InChI=1S/C15H24N2O6S/c1-11(10-23-3)17-13-6-5-12(15(18)19)9-14(13)24(20,21)16-7-4-8-22-2/h5-6,9,11,16-17H,4,7-8,10H2,1-3H3,(H,18,19)/t11-/m0/s1. The Morgan fingerprint density at radius 1 is 1.29 bits per heavy atom. The lowest BCUT2D eigenvalue weighted by atomic mass is 10.2. The number of sulfonamides is 1. The third kappa shape index (κ3) is 6.08. The highest BCUT2D eigenvalue weighted by Gasteiger charge is 2.21. The molecule has 0 aliphatic heterocycles. The van der Waals surface area contributed by atoms with Crippen molar-refractivity contribution in [1.82, 2.24) is 4.72 Å². The molecule has 8 nitrogen and oxygen atoms in total. The van der Waals surface area contributed by atoms with E-state index < -0.39 is 16.0 Å². The smallest absolute Gasteiger partial charge is 0.335 e. The van der Waals surface area contributed by atoms with E-state index in [0.29, 0.717) is 25.3 Å². The molecule has 0 unspecified atom stereocenters. The average Bonchev–Trinajstić information content (AvgIpc) is 2.52. The van der Waals surface area contributed by atoms with Gasteiger partial charge in [-0.3, -0.25) is 0 Å². The number of hydrogen-bond acceptors (Lipinski definition) is 6. The fourth-order valence-corrected chi connectivity index (χ4v) is 3.32. The van der Waals surface area contributed by atoms with Crippen molar-refractivity contribution in [3.63, 3.8) is 0 Å². The lowest BCUT2D eigenvalue weighted by Crippen LogP contribution is -2.28. The Morgan fingerprint density at radius 2 is 2.00 bits per heavy atom. The summed E-state index contributed by atoms with van der Waals surface area (Å²) in [5.74, 6) is -1.19. The zero-order valence-electron chi connectivity index (χ0n) is 14.0. The van der Waals surface area contributed by atoms with E-state index in [1.165, 1.54) is 19.2 Å². The molecule has 1 aromatic rings. The summed E-state index contributed by atoms with van der Waals surface area (Å²) in [6.45, 7) is 2.83. The summed E-state index contributed by atoms with van der Waals surface area (Å²) in [5.41, 5.74) is 0.223. The van der Waals surface area contributed by atoms with Gasteiger partial charge >= 0.3 is 5.97 Å². The van der Waals surface area contributed by atoms with Crippen LogP contribution in [-0.2, 0) is 19.5 Å². The Balaban J connectivity index is 3.10. The third-order valence-corrected chi connectivity index (χ3v) is 4.65. The highest BCUT2D eigenvalue weighted by Crippen LogP contribution is 2.24. The molecule has 136 valence electrons. The molecule has 0 radical (unpaired) electrons. The summed E-state index contributed by atoms with van der Waals surface area (Å²) in [6, 6.07) is 3.80. The van der Waals surface area contributed by atoms with Gasteiger partial charge in [0, 0.05) is 33.4 Å². The van der Waals surface area contributed by atoms with Gasteiger partial charge in [0.05, 0.1) is 17.9 Å². The molecular weight excluding hydrogens is 336 g/mol. The van der Waals surface area contributed by atoms with Crippen LogP contribution in [0.3, 0.4) is 0 Å². The number of nitrogens with one attached hydrogen (secondary N) is 2. The van der Waals surface area contributed by atoms with Crippen LogP contribution in [0.25, 0.3) is 0 Å². The van der Waals surface area contributed by atoms with Crippen molar-refractivity contribution < 1.29 is 27.8 Å². The monoisotopic (exact) mass is 360 g/mol. The van der Waals surface area contributed by atoms with Crippen LogP contribution in [0, 0.1) is 0 Å². The van der Waals surface area contributed by atoms with E-state index in [1.54, 1.807) is 7.11 Å². The molecule has 0 aliphatic carbocycles. The molecule has 0 bridgehead atoms. The second-order valence-corrected chi connectivity index (χ2v) is 7.00. The minimum Gasteiger partial charge on any atom is -0.478 e. The molecule has 0 aliphatic rings. The van der Waals surface area contributed by atoms with Crippen molar-refractivity contribution in [3.8, 4) is 0 Å². The van der Waals surface area contributed by atoms with Crippen molar-refractivity contribution in [2.24, 2.45) is 0 Å². The van der Waals surface area contributed by atoms with E-state index in [-0.39, 0.29) is 23.0 Å². The number of methoxy groups -OCH3 is 2. The molecule has 0 saturated carbocycles. The van der Waals surface area contributed by atoms with Gasteiger partial charge in [-0.25, -0.2) is 17.9 Å². The molecule has 1 rings (SSSR count). The van der Waals surface area contributed by atoms with Crippen LogP contribution < -0.4 is 10.0 Å². The minimum absolute atomic E-state index is 0.0998. The number of hydrogen-bond donors (Lipinski definition) is 3. The van der Waals surface area contributed by atoms with Crippen molar-refractivity contribution in [3.05, 3.63) is 23.8 Å². The van der Waals surface area contributed by atoms with Crippen LogP contribution in [0.4, 0.5) is 5.69 Å². The molecule has 1 aromatic carbocycles. The normalized spacial score (nSPS) is 12.8. The molecule has 0 amide bonds. The fraction of sp³-hybridized carbons (Fsp3) is 0.533. The van der Waals surface area contributed by atoms with Crippen LogP contribution in [0.2, 0.25) is 0 Å². The molecular formula is C15H24N2O6S. The number of anilines is 1. The second kappa shape index (κ2) is 9.58. The zero-order chi connectivity index (χ0) is 18.2. The van der Waals surface area contributed by atoms with Crippen LogP contribution in [-0.4, -0.2) is 59.5 Å². The molecule has 24 heavy (non-hydrogen) atoms. The fourth-order valence-electron chi connectivity index (χ4n) is 2.05. The predicted molar refractivity (Wildman–Crippen MR) is 90.0 cm³/mol. The summed E-state index contributed by atoms with van der Waals surface area (Å²) in [5, 5.41) is 12.1. The Hall–Kier alpha value is -1.68. The Labute approximate surface area is 142 Å². The quantitative estimate of drug-likeness (QED) is 0.507. The van der Waals surface area contributed by atoms with Gasteiger partial charge in [-0.1, -0.05) is 0 Å². The van der Waals surface area contributed by atoms with E-state index in [9.17, 15) is 13.2 Å². The van der Waals surface area contributed by atoms with Gasteiger partial charge in [0.1, 0.15) is 4.90 Å². The molecule has 0 fully saturated rings.